The Morgan fingerprint density at radius 1 is 0.833 bits per heavy atom. The second-order valence-corrected chi connectivity index (χ2v) is 2.80. The van der Waals surface area contributed by atoms with Crippen molar-refractivity contribution in [2.24, 2.45) is 0 Å². The topological polar surface area (TPSA) is 78.9 Å². The highest BCUT2D eigenvalue weighted by Crippen LogP contribution is 1.86. The van der Waals surface area contributed by atoms with Gasteiger partial charge < -0.3 is 14.2 Å². The first kappa shape index (κ1) is 15.6. The lowest BCUT2D eigenvalue weighted by molar-refractivity contribution is -0.138. The maximum Gasteiger partial charge on any atom is 0.331 e. The van der Waals surface area contributed by atoms with Gasteiger partial charge in [0.2, 0.25) is 0 Å². The Labute approximate surface area is 105 Å². The molecule has 0 amide bonds. The van der Waals surface area contributed by atoms with Gasteiger partial charge in [0, 0.05) is 18.2 Å². The van der Waals surface area contributed by atoms with Gasteiger partial charge in [-0.1, -0.05) is 12.2 Å². The summed E-state index contributed by atoms with van der Waals surface area (Å²) in [6.45, 7) is 0.0237. The number of hydrogen-bond donors (Lipinski definition) is 0. The lowest BCUT2D eigenvalue weighted by Crippen LogP contribution is -2.02. The number of ether oxygens (including phenoxy) is 3. The monoisotopic (exact) mass is 254 g/mol. The summed E-state index contributed by atoms with van der Waals surface area (Å²) in [6.07, 6.45) is 7.63. The van der Waals surface area contributed by atoms with E-state index in [1.165, 1.54) is 38.5 Å². The zero-order chi connectivity index (χ0) is 13.8. The molecule has 18 heavy (non-hydrogen) atoms. The third-order valence-electron chi connectivity index (χ3n) is 1.56. The van der Waals surface area contributed by atoms with E-state index >= 15 is 0 Å². The van der Waals surface area contributed by atoms with Crippen molar-refractivity contribution in [1.82, 2.24) is 0 Å². The van der Waals surface area contributed by atoms with Crippen molar-refractivity contribution in [1.29, 1.82) is 0 Å². The van der Waals surface area contributed by atoms with Crippen LogP contribution in [0.2, 0.25) is 0 Å². The number of rotatable bonds is 6. The van der Waals surface area contributed by atoms with E-state index in [2.05, 4.69) is 9.47 Å². The second kappa shape index (κ2) is 9.83. The molecule has 0 bridgehead atoms. The summed E-state index contributed by atoms with van der Waals surface area (Å²) >= 11 is 0. The molecule has 0 unspecified atom stereocenters. The Balaban J connectivity index is 3.84. The fourth-order valence-corrected chi connectivity index (χ4v) is 0.719. The molecule has 98 valence electrons. The summed E-state index contributed by atoms with van der Waals surface area (Å²) < 4.78 is 13.4. The molecule has 0 saturated heterocycles. The Kier molecular flexibility index (Phi) is 8.53. The fourth-order valence-electron chi connectivity index (χ4n) is 0.719. The van der Waals surface area contributed by atoms with E-state index in [4.69, 9.17) is 4.74 Å². The summed E-state index contributed by atoms with van der Waals surface area (Å²) in [5.74, 6) is -1.77. The van der Waals surface area contributed by atoms with Crippen LogP contribution >= 0.6 is 0 Å². The van der Waals surface area contributed by atoms with Gasteiger partial charge in [-0.05, 0) is 6.08 Å². The Bertz CT molecular complexity index is 378. The van der Waals surface area contributed by atoms with E-state index in [0.717, 1.165) is 12.2 Å². The molecule has 0 aromatic heterocycles. The second-order valence-electron chi connectivity index (χ2n) is 2.80. The SMILES string of the molecule is COC(=O)/C=C\C(=O)OC/C=C/C=C/C(=O)OC. The van der Waals surface area contributed by atoms with E-state index in [1.807, 2.05) is 0 Å². The number of methoxy groups -OCH3 is 2. The van der Waals surface area contributed by atoms with Gasteiger partial charge in [0.05, 0.1) is 14.2 Å². The minimum atomic E-state index is -0.665. The molecule has 0 aromatic rings. The average Bonchev–Trinajstić information content (AvgIpc) is 2.39. The molecule has 6 nitrogen and oxygen atoms in total. The summed E-state index contributed by atoms with van der Waals surface area (Å²) in [6, 6.07) is 0. The number of carbonyl (C=O) groups excluding carboxylic acids is 3. The molecule has 0 fully saturated rings. The van der Waals surface area contributed by atoms with Gasteiger partial charge in [0.25, 0.3) is 0 Å². The van der Waals surface area contributed by atoms with Crippen LogP contribution < -0.4 is 0 Å². The van der Waals surface area contributed by atoms with Gasteiger partial charge in [-0.15, -0.1) is 0 Å². The minimum Gasteiger partial charge on any atom is -0.466 e. The van der Waals surface area contributed by atoms with Gasteiger partial charge >= 0.3 is 17.9 Å². The Morgan fingerprint density at radius 2 is 1.39 bits per heavy atom. The van der Waals surface area contributed by atoms with Gasteiger partial charge in [-0.3, -0.25) is 0 Å². The quantitative estimate of drug-likeness (QED) is 0.298. The van der Waals surface area contributed by atoms with Crippen LogP contribution in [0.3, 0.4) is 0 Å². The molecule has 0 atom stereocenters. The molecule has 0 aromatic carbocycles. The summed E-state index contributed by atoms with van der Waals surface area (Å²) in [5.41, 5.74) is 0. The normalized spacial score (nSPS) is 11.0. The van der Waals surface area contributed by atoms with Crippen LogP contribution in [0.1, 0.15) is 0 Å². The first-order valence-corrected chi connectivity index (χ1v) is 4.94. The van der Waals surface area contributed by atoms with E-state index in [1.54, 1.807) is 0 Å². The van der Waals surface area contributed by atoms with Crippen LogP contribution in [-0.4, -0.2) is 38.7 Å². The first-order chi connectivity index (χ1) is 8.60. The van der Waals surface area contributed by atoms with Crippen LogP contribution in [0.15, 0.2) is 36.5 Å². The third-order valence-corrected chi connectivity index (χ3v) is 1.56. The van der Waals surface area contributed by atoms with Gasteiger partial charge in [0.15, 0.2) is 0 Å². The van der Waals surface area contributed by atoms with Crippen LogP contribution in [-0.2, 0) is 28.6 Å². The highest BCUT2D eigenvalue weighted by molar-refractivity contribution is 5.91. The first-order valence-electron chi connectivity index (χ1n) is 4.94. The fraction of sp³-hybridized carbons (Fsp3) is 0.250. The maximum atomic E-state index is 11.0. The summed E-state index contributed by atoms with van der Waals surface area (Å²) in [7, 11) is 2.47. The molecule has 0 aliphatic rings. The number of carbonyl (C=O) groups is 3. The Hall–Kier alpha value is -2.37. The molecular formula is C12H14O6. The van der Waals surface area contributed by atoms with Gasteiger partial charge in [-0.25, -0.2) is 14.4 Å². The van der Waals surface area contributed by atoms with Crippen molar-refractivity contribution in [3.05, 3.63) is 36.5 Å². The van der Waals surface area contributed by atoms with E-state index in [0.29, 0.717) is 0 Å². The van der Waals surface area contributed by atoms with E-state index in [-0.39, 0.29) is 6.61 Å². The highest BCUT2D eigenvalue weighted by Gasteiger charge is 1.97. The molecule has 0 spiro atoms. The predicted molar refractivity (Wildman–Crippen MR) is 62.4 cm³/mol. The van der Waals surface area contributed by atoms with Crippen LogP contribution in [0.5, 0.6) is 0 Å². The molecule has 0 saturated carbocycles. The van der Waals surface area contributed by atoms with Gasteiger partial charge in [-0.2, -0.15) is 0 Å². The van der Waals surface area contributed by atoms with Gasteiger partial charge in [0.1, 0.15) is 6.61 Å². The maximum absolute atomic E-state index is 11.0. The lowest BCUT2D eigenvalue weighted by Gasteiger charge is -1.95. The molecular weight excluding hydrogens is 240 g/mol. The molecule has 0 N–H and O–H groups in total. The molecule has 0 heterocycles. The molecule has 0 aliphatic carbocycles. The standard InChI is InChI=1S/C12H14O6/c1-16-10(13)6-4-3-5-9-18-12(15)8-7-11(14)17-2/h3-8H,9H2,1-2H3/b5-3+,6-4+,8-7-. The smallest absolute Gasteiger partial charge is 0.331 e. The summed E-state index contributed by atoms with van der Waals surface area (Å²) in [4.78, 5) is 32.3. The highest BCUT2D eigenvalue weighted by atomic mass is 16.5. The molecule has 0 radical (unpaired) electrons. The summed E-state index contributed by atoms with van der Waals surface area (Å²) in [5, 5.41) is 0. The van der Waals surface area contributed by atoms with E-state index < -0.39 is 17.9 Å². The number of esters is 3. The molecule has 6 heteroatoms. The minimum absolute atomic E-state index is 0.0237. The van der Waals surface area contributed by atoms with Crippen molar-refractivity contribution in [2.45, 2.75) is 0 Å². The zero-order valence-corrected chi connectivity index (χ0v) is 10.1. The van der Waals surface area contributed by atoms with E-state index in [9.17, 15) is 14.4 Å². The lowest BCUT2D eigenvalue weighted by atomic mass is 10.4. The number of allylic oxidation sites excluding steroid dienone is 2. The van der Waals surface area contributed by atoms with Crippen molar-refractivity contribution < 1.29 is 28.6 Å². The van der Waals surface area contributed by atoms with Crippen molar-refractivity contribution >= 4 is 17.9 Å². The third kappa shape index (κ3) is 8.90. The van der Waals surface area contributed by atoms with Crippen LogP contribution in [0.25, 0.3) is 0 Å². The Morgan fingerprint density at radius 3 is 2.00 bits per heavy atom. The predicted octanol–water partition coefficient (Wildman–Crippen LogP) is 0.544. The van der Waals surface area contributed by atoms with Crippen molar-refractivity contribution in [2.75, 3.05) is 20.8 Å². The van der Waals surface area contributed by atoms with Crippen LogP contribution in [0.4, 0.5) is 0 Å². The number of hydrogen-bond acceptors (Lipinski definition) is 6. The average molecular weight is 254 g/mol. The molecule has 0 rings (SSSR count). The van der Waals surface area contributed by atoms with Crippen molar-refractivity contribution in [3.63, 3.8) is 0 Å². The largest absolute Gasteiger partial charge is 0.466 e. The molecule has 0 aliphatic heterocycles. The van der Waals surface area contributed by atoms with Crippen molar-refractivity contribution in [3.8, 4) is 0 Å². The van der Waals surface area contributed by atoms with Crippen LogP contribution in [0, 0.1) is 0 Å². The zero-order valence-electron chi connectivity index (χ0n) is 10.1.